The molecule has 1 aliphatic heterocycles. The number of ether oxygens (including phenoxy) is 1. The van der Waals surface area contributed by atoms with E-state index in [0.29, 0.717) is 29.7 Å². The van der Waals surface area contributed by atoms with Gasteiger partial charge in [0.05, 0.1) is 18.0 Å². The summed E-state index contributed by atoms with van der Waals surface area (Å²) in [4.78, 5) is 0. The van der Waals surface area contributed by atoms with Crippen LogP contribution in [0, 0.1) is 0 Å². The van der Waals surface area contributed by atoms with Crippen molar-refractivity contribution in [2.24, 2.45) is 0 Å². The number of aliphatic hydroxyl groups excluding tert-OH is 1. The molecule has 0 fully saturated rings. The predicted octanol–water partition coefficient (Wildman–Crippen LogP) is 8.35. The molecular weight excluding hydrogens is 553 g/mol. The highest BCUT2D eigenvalue weighted by Gasteiger charge is 2.50. The van der Waals surface area contributed by atoms with Gasteiger partial charge in [0.2, 0.25) is 8.32 Å². The molecule has 0 spiro atoms. The van der Waals surface area contributed by atoms with Crippen molar-refractivity contribution in [2.45, 2.75) is 135 Å². The molecule has 2 aromatic carbocycles. The Kier molecular flexibility index (Phi) is 12.3. The predicted molar refractivity (Wildman–Crippen MR) is 183 cm³/mol. The number of hydrogen-bond donors (Lipinski definition) is 1. The van der Waals surface area contributed by atoms with E-state index in [0.717, 1.165) is 25.0 Å². The van der Waals surface area contributed by atoms with Gasteiger partial charge in [-0.15, -0.1) is 0 Å². The van der Waals surface area contributed by atoms with Gasteiger partial charge in [-0.05, 0) is 51.5 Å². The molecule has 0 saturated heterocycles. The van der Waals surface area contributed by atoms with E-state index in [4.69, 9.17) is 13.6 Å². The Morgan fingerprint density at radius 1 is 0.833 bits per heavy atom. The second-order valence-corrected chi connectivity index (χ2v) is 24.0. The van der Waals surface area contributed by atoms with Crippen molar-refractivity contribution in [1.82, 2.24) is 0 Å². The second-order valence-electron chi connectivity index (χ2n) is 14.3. The summed E-state index contributed by atoms with van der Waals surface area (Å²) in [5.41, 5.74) is 1.56. The minimum absolute atomic E-state index is 0.0143. The first kappa shape index (κ1) is 34.8. The fraction of sp³-hybridized carbons (Fsp3) is 0.611. The smallest absolute Gasteiger partial charge is 0.261 e. The van der Waals surface area contributed by atoms with Gasteiger partial charge in [0.15, 0.2) is 0 Å². The average molecular weight is 611 g/mol. The van der Waals surface area contributed by atoms with E-state index in [-0.39, 0.29) is 23.4 Å². The summed E-state index contributed by atoms with van der Waals surface area (Å²) in [6.45, 7) is 23.5. The van der Waals surface area contributed by atoms with E-state index in [1.807, 2.05) is 6.92 Å². The van der Waals surface area contributed by atoms with Crippen molar-refractivity contribution >= 4 is 27.0 Å². The van der Waals surface area contributed by atoms with Crippen molar-refractivity contribution in [3.05, 3.63) is 72.5 Å². The molecule has 1 aliphatic rings. The monoisotopic (exact) mass is 610 g/mol. The summed E-state index contributed by atoms with van der Waals surface area (Å²) in [6, 6.07) is 21.7. The lowest BCUT2D eigenvalue weighted by Gasteiger charge is -2.46. The van der Waals surface area contributed by atoms with E-state index in [9.17, 15) is 5.11 Å². The Bertz CT molecular complexity index is 1040. The molecule has 6 heteroatoms. The number of aliphatic hydroxyl groups is 1. The van der Waals surface area contributed by atoms with Gasteiger partial charge < -0.3 is 18.7 Å². The molecule has 0 aromatic heterocycles. The van der Waals surface area contributed by atoms with Gasteiger partial charge in [0.25, 0.3) is 8.32 Å². The molecule has 0 unspecified atom stereocenters. The van der Waals surface area contributed by atoms with Crippen molar-refractivity contribution in [2.75, 3.05) is 6.61 Å². The zero-order chi connectivity index (χ0) is 31.1. The van der Waals surface area contributed by atoms with Crippen LogP contribution in [0.2, 0.25) is 21.7 Å². The van der Waals surface area contributed by atoms with Crippen molar-refractivity contribution in [1.29, 1.82) is 0 Å². The van der Waals surface area contributed by atoms with Crippen LogP contribution in [0.25, 0.3) is 0 Å². The van der Waals surface area contributed by atoms with Crippen LogP contribution in [-0.2, 0) is 13.6 Å². The molecule has 1 heterocycles. The second kappa shape index (κ2) is 14.8. The molecule has 2 aromatic rings. The first-order valence-corrected chi connectivity index (χ1v) is 20.3. The van der Waals surface area contributed by atoms with Gasteiger partial charge in [-0.25, -0.2) is 0 Å². The number of allylic oxidation sites excluding steroid dienone is 1. The van der Waals surface area contributed by atoms with Crippen LogP contribution < -0.4 is 10.4 Å². The molecule has 3 rings (SSSR count). The third-order valence-electron chi connectivity index (χ3n) is 9.23. The van der Waals surface area contributed by atoms with Gasteiger partial charge in [0, 0.05) is 25.9 Å². The van der Waals surface area contributed by atoms with Gasteiger partial charge in [-0.2, -0.15) is 0 Å². The summed E-state index contributed by atoms with van der Waals surface area (Å²) >= 11 is 0. The van der Waals surface area contributed by atoms with Crippen molar-refractivity contribution < 1.29 is 18.7 Å². The quantitative estimate of drug-likeness (QED) is 0.218. The van der Waals surface area contributed by atoms with Gasteiger partial charge >= 0.3 is 0 Å². The van der Waals surface area contributed by atoms with Crippen LogP contribution in [0.4, 0.5) is 0 Å². The standard InChI is InChI=1S/C36H58O4Si2/c1-27(2)41(28(3)4,29(5)6)40-33-25-31(22-21-30(7)37)39-32(26-33)23-24-38-42(36(8,9)10,34-17-13-11-14-18-34)35-19-15-12-16-20-35/h11-20,25,27-30,32-33,37H,21-24,26H2,1-10H3/t30-,32-,33+/m1/s1. The summed E-state index contributed by atoms with van der Waals surface area (Å²) in [5, 5.41) is 12.6. The molecule has 0 aliphatic carbocycles. The van der Waals surface area contributed by atoms with E-state index in [2.05, 4.69) is 129 Å². The lowest BCUT2D eigenvalue weighted by atomic mass is 10.0. The van der Waals surface area contributed by atoms with Gasteiger partial charge in [-0.1, -0.05) is 123 Å². The lowest BCUT2D eigenvalue weighted by Crippen LogP contribution is -2.66. The number of benzene rings is 2. The molecule has 0 bridgehead atoms. The SMILES string of the molecule is CC(C)[Si](O[C@H]1C=C(CC[C@@H](C)O)O[C@H](CCO[Si](c2ccccc2)(c2ccccc2)C(C)(C)C)C1)(C(C)C)C(C)C. The van der Waals surface area contributed by atoms with E-state index in [1.54, 1.807) is 0 Å². The number of rotatable bonds is 14. The molecule has 0 amide bonds. The largest absolute Gasteiger partial charge is 0.495 e. The fourth-order valence-electron chi connectivity index (χ4n) is 7.36. The number of hydrogen-bond acceptors (Lipinski definition) is 4. The maximum absolute atomic E-state index is 10.0. The minimum atomic E-state index is -2.61. The average Bonchev–Trinajstić information content (AvgIpc) is 2.92. The zero-order valence-electron chi connectivity index (χ0n) is 28.0. The van der Waals surface area contributed by atoms with E-state index < -0.39 is 16.6 Å². The first-order valence-electron chi connectivity index (χ1n) is 16.2. The van der Waals surface area contributed by atoms with Crippen LogP contribution in [0.3, 0.4) is 0 Å². The van der Waals surface area contributed by atoms with Crippen molar-refractivity contribution in [3.8, 4) is 0 Å². The van der Waals surface area contributed by atoms with Gasteiger partial charge in [-0.3, -0.25) is 0 Å². The summed E-state index contributed by atoms with van der Waals surface area (Å²) in [6.07, 6.45) is 4.95. The topological polar surface area (TPSA) is 47.9 Å². The lowest BCUT2D eigenvalue weighted by molar-refractivity contribution is 0.0258. The molecule has 0 saturated carbocycles. The maximum Gasteiger partial charge on any atom is 0.261 e. The van der Waals surface area contributed by atoms with Crippen LogP contribution in [0.15, 0.2) is 72.5 Å². The molecule has 3 atom stereocenters. The molecule has 4 nitrogen and oxygen atoms in total. The van der Waals surface area contributed by atoms with Crippen LogP contribution >= 0.6 is 0 Å². The normalized spacial score (nSPS) is 19.2. The third kappa shape index (κ3) is 7.86. The molecule has 0 radical (unpaired) electrons. The van der Waals surface area contributed by atoms with Crippen LogP contribution in [-0.4, -0.2) is 46.7 Å². The van der Waals surface area contributed by atoms with E-state index >= 15 is 0 Å². The Balaban J connectivity index is 1.89. The van der Waals surface area contributed by atoms with Gasteiger partial charge in [0.1, 0.15) is 6.10 Å². The summed E-state index contributed by atoms with van der Waals surface area (Å²) < 4.78 is 21.1. The van der Waals surface area contributed by atoms with Crippen molar-refractivity contribution in [3.63, 3.8) is 0 Å². The first-order chi connectivity index (χ1) is 19.7. The van der Waals surface area contributed by atoms with Crippen LogP contribution in [0.1, 0.15) is 94.9 Å². The summed E-state index contributed by atoms with van der Waals surface area (Å²) in [5.74, 6) is 0.960. The Hall–Kier alpha value is -1.71. The highest BCUT2D eigenvalue weighted by atomic mass is 28.4. The maximum atomic E-state index is 10.0. The Labute approximate surface area is 259 Å². The summed E-state index contributed by atoms with van der Waals surface area (Å²) in [7, 11) is -4.68. The Morgan fingerprint density at radius 2 is 1.33 bits per heavy atom. The zero-order valence-corrected chi connectivity index (χ0v) is 30.0. The third-order valence-corrected chi connectivity index (χ3v) is 20.4. The van der Waals surface area contributed by atoms with E-state index in [1.165, 1.54) is 10.4 Å². The molecule has 42 heavy (non-hydrogen) atoms. The minimum Gasteiger partial charge on any atom is -0.495 e. The highest BCUT2D eigenvalue weighted by Crippen LogP contribution is 2.44. The molecular formula is C36H58O4Si2. The molecule has 234 valence electrons. The Morgan fingerprint density at radius 3 is 1.76 bits per heavy atom. The molecule has 1 N–H and O–H groups in total. The van der Waals surface area contributed by atoms with Crippen LogP contribution in [0.5, 0.6) is 0 Å². The fourth-order valence-corrected chi connectivity index (χ4v) is 17.4. The highest BCUT2D eigenvalue weighted by molar-refractivity contribution is 6.99.